The average molecular weight is 311 g/mol. The lowest BCUT2D eigenvalue weighted by molar-refractivity contribution is -0.119. The van der Waals surface area contributed by atoms with E-state index in [2.05, 4.69) is 20.8 Å². The van der Waals surface area contributed by atoms with E-state index in [1.165, 1.54) is 18.3 Å². The molecule has 0 saturated carbocycles. The first-order valence-corrected chi connectivity index (χ1v) is 7.93. The Morgan fingerprint density at radius 2 is 2.14 bits per heavy atom. The summed E-state index contributed by atoms with van der Waals surface area (Å²) in [5.41, 5.74) is 0. The zero-order valence-corrected chi connectivity index (χ0v) is 13.4. The second-order valence-corrected chi connectivity index (χ2v) is 6.53. The van der Waals surface area contributed by atoms with Crippen LogP contribution >= 0.6 is 11.3 Å². The maximum atomic E-state index is 12.2. The lowest BCUT2D eigenvalue weighted by Crippen LogP contribution is -2.50. The Hall–Kier alpha value is -1.70. The summed E-state index contributed by atoms with van der Waals surface area (Å²) in [6, 6.07) is -0.154. The van der Waals surface area contributed by atoms with Crippen molar-refractivity contribution in [2.45, 2.75) is 45.6 Å². The molecule has 1 saturated heterocycles. The Kier molecular flexibility index (Phi) is 5.11. The zero-order valence-electron chi connectivity index (χ0n) is 12.5. The maximum absolute atomic E-state index is 12.2. The van der Waals surface area contributed by atoms with E-state index in [9.17, 15) is 9.59 Å². The molecule has 0 aromatic carbocycles. The summed E-state index contributed by atoms with van der Waals surface area (Å²) in [6.07, 6.45) is 1.78. The van der Waals surface area contributed by atoms with Crippen LogP contribution in [0.2, 0.25) is 0 Å². The number of carbonyl (C=O) groups is 2. The fraction of sp³-hybridized carbons (Fsp3) is 0.692. The van der Waals surface area contributed by atoms with Gasteiger partial charge >= 0.3 is 6.03 Å². The quantitative estimate of drug-likeness (QED) is 0.891. The van der Waals surface area contributed by atoms with Crippen molar-refractivity contribution in [2.75, 3.05) is 18.4 Å². The van der Waals surface area contributed by atoms with Gasteiger partial charge in [0, 0.05) is 32.0 Å². The van der Waals surface area contributed by atoms with Gasteiger partial charge in [-0.15, -0.1) is 10.2 Å². The predicted octanol–water partition coefficient (Wildman–Crippen LogP) is 1.79. The van der Waals surface area contributed by atoms with Gasteiger partial charge in [-0.1, -0.05) is 25.2 Å². The van der Waals surface area contributed by atoms with Crippen LogP contribution in [0.15, 0.2) is 0 Å². The van der Waals surface area contributed by atoms with E-state index in [4.69, 9.17) is 0 Å². The fourth-order valence-electron chi connectivity index (χ4n) is 2.26. The first-order valence-electron chi connectivity index (χ1n) is 7.12. The molecule has 0 bridgehead atoms. The molecule has 1 aliphatic rings. The third kappa shape index (κ3) is 4.38. The highest BCUT2D eigenvalue weighted by Crippen LogP contribution is 2.23. The molecular formula is C13H21N5O2S. The number of hydrogen-bond donors (Lipinski definition) is 2. The van der Waals surface area contributed by atoms with Crippen LogP contribution < -0.4 is 10.6 Å². The van der Waals surface area contributed by atoms with Gasteiger partial charge in [-0.25, -0.2) is 4.79 Å². The van der Waals surface area contributed by atoms with E-state index < -0.39 is 0 Å². The largest absolute Gasteiger partial charge is 0.352 e. The molecule has 0 radical (unpaired) electrons. The maximum Gasteiger partial charge on any atom is 0.323 e. The summed E-state index contributed by atoms with van der Waals surface area (Å²) in [4.78, 5) is 25.0. The molecule has 116 valence electrons. The van der Waals surface area contributed by atoms with E-state index in [-0.39, 0.29) is 18.0 Å². The number of hydrogen-bond acceptors (Lipinski definition) is 5. The number of aromatic nitrogens is 2. The van der Waals surface area contributed by atoms with Crippen molar-refractivity contribution in [2.24, 2.45) is 0 Å². The Labute approximate surface area is 128 Å². The third-order valence-electron chi connectivity index (χ3n) is 3.26. The smallest absolute Gasteiger partial charge is 0.323 e. The van der Waals surface area contributed by atoms with Crippen LogP contribution in [0.5, 0.6) is 0 Å². The molecule has 2 heterocycles. The third-order valence-corrected chi connectivity index (χ3v) is 4.40. The number of urea groups is 1. The van der Waals surface area contributed by atoms with Crippen molar-refractivity contribution in [3.63, 3.8) is 0 Å². The number of piperidine rings is 1. The zero-order chi connectivity index (χ0) is 15.4. The van der Waals surface area contributed by atoms with Gasteiger partial charge in [-0.05, 0) is 12.8 Å². The lowest BCUT2D eigenvalue weighted by Gasteiger charge is -2.32. The van der Waals surface area contributed by atoms with Gasteiger partial charge in [-0.2, -0.15) is 0 Å². The summed E-state index contributed by atoms with van der Waals surface area (Å²) in [7, 11) is 0. The summed E-state index contributed by atoms with van der Waals surface area (Å²) in [5.74, 6) is 0.236. The van der Waals surface area contributed by atoms with Crippen molar-refractivity contribution in [3.05, 3.63) is 5.01 Å². The number of carbonyl (C=O) groups excluding carboxylic acids is 2. The highest BCUT2D eigenvalue weighted by molar-refractivity contribution is 7.15. The fourth-order valence-corrected chi connectivity index (χ4v) is 2.99. The lowest BCUT2D eigenvalue weighted by atomic mass is 10.1. The first kappa shape index (κ1) is 15.7. The van der Waals surface area contributed by atoms with Crippen molar-refractivity contribution in [1.82, 2.24) is 20.4 Å². The molecule has 2 rings (SSSR count). The van der Waals surface area contributed by atoms with Crippen molar-refractivity contribution in [3.8, 4) is 0 Å². The number of nitrogens with zero attached hydrogens (tertiary/aromatic N) is 3. The number of nitrogens with one attached hydrogen (secondary N) is 2. The highest BCUT2D eigenvalue weighted by Gasteiger charge is 2.24. The molecule has 2 N–H and O–H groups in total. The minimum Gasteiger partial charge on any atom is -0.352 e. The minimum absolute atomic E-state index is 0.0302. The molecule has 8 heteroatoms. The van der Waals surface area contributed by atoms with Crippen LogP contribution in [-0.4, -0.2) is 46.2 Å². The molecule has 0 aliphatic carbocycles. The summed E-state index contributed by atoms with van der Waals surface area (Å²) in [6.45, 7) is 6.79. The molecule has 7 nitrogen and oxygen atoms in total. The van der Waals surface area contributed by atoms with Gasteiger partial charge < -0.3 is 10.2 Å². The average Bonchev–Trinajstić information content (AvgIpc) is 2.87. The van der Waals surface area contributed by atoms with Crippen molar-refractivity contribution in [1.29, 1.82) is 0 Å². The molecule has 1 unspecified atom stereocenters. The number of likely N-dealkylation sites (tertiary alicyclic amines) is 1. The second-order valence-electron chi connectivity index (χ2n) is 5.52. The molecule has 1 aromatic rings. The normalized spacial score (nSPS) is 18.7. The van der Waals surface area contributed by atoms with E-state index in [0.29, 0.717) is 24.1 Å². The van der Waals surface area contributed by atoms with E-state index in [1.807, 2.05) is 13.8 Å². The minimum atomic E-state index is -0.184. The van der Waals surface area contributed by atoms with Crippen molar-refractivity contribution >= 4 is 28.4 Å². The van der Waals surface area contributed by atoms with Gasteiger partial charge in [-0.3, -0.25) is 10.1 Å². The van der Waals surface area contributed by atoms with Gasteiger partial charge in [0.1, 0.15) is 5.01 Å². The van der Waals surface area contributed by atoms with Crippen molar-refractivity contribution < 1.29 is 9.59 Å². The van der Waals surface area contributed by atoms with Gasteiger partial charge in [0.25, 0.3) is 0 Å². The highest BCUT2D eigenvalue weighted by atomic mass is 32.1. The second kappa shape index (κ2) is 6.84. The van der Waals surface area contributed by atoms with Crippen LogP contribution in [0, 0.1) is 0 Å². The number of rotatable bonds is 3. The Morgan fingerprint density at radius 3 is 2.76 bits per heavy atom. The summed E-state index contributed by atoms with van der Waals surface area (Å²) >= 11 is 1.39. The predicted molar refractivity (Wildman–Crippen MR) is 81.4 cm³/mol. The van der Waals surface area contributed by atoms with Crippen LogP contribution in [0.4, 0.5) is 9.93 Å². The first-order chi connectivity index (χ1) is 9.95. The summed E-state index contributed by atoms with van der Waals surface area (Å²) in [5, 5.41) is 15.1. The topological polar surface area (TPSA) is 87.2 Å². The standard InChI is InChI=1S/C13H21N5O2S/c1-8(2)11-16-17-12(21-11)15-13(20)18-6-4-5-10(7-18)14-9(3)19/h8,10H,4-7H2,1-3H3,(H,14,19)(H,15,17,20). The molecule has 1 aliphatic heterocycles. The number of anilines is 1. The molecule has 1 fully saturated rings. The Morgan fingerprint density at radius 1 is 1.38 bits per heavy atom. The van der Waals surface area contributed by atoms with E-state index >= 15 is 0 Å². The Balaban J connectivity index is 1.91. The van der Waals surface area contributed by atoms with E-state index in [1.54, 1.807) is 4.90 Å². The van der Waals surface area contributed by atoms with Crippen LogP contribution in [-0.2, 0) is 4.79 Å². The molecule has 1 atom stereocenters. The molecule has 21 heavy (non-hydrogen) atoms. The number of amides is 3. The van der Waals surface area contributed by atoms with Gasteiger partial charge in [0.15, 0.2) is 0 Å². The van der Waals surface area contributed by atoms with Gasteiger partial charge in [0.05, 0.1) is 0 Å². The van der Waals surface area contributed by atoms with Crippen LogP contribution in [0.25, 0.3) is 0 Å². The molecule has 3 amide bonds. The van der Waals surface area contributed by atoms with Crippen LogP contribution in [0.3, 0.4) is 0 Å². The Bertz CT molecular complexity index is 516. The molecule has 0 spiro atoms. The van der Waals surface area contributed by atoms with Gasteiger partial charge in [0.2, 0.25) is 11.0 Å². The molecular weight excluding hydrogens is 290 g/mol. The molecule has 1 aromatic heterocycles. The van der Waals surface area contributed by atoms with E-state index in [0.717, 1.165) is 17.8 Å². The summed E-state index contributed by atoms with van der Waals surface area (Å²) < 4.78 is 0. The van der Waals surface area contributed by atoms with Crippen LogP contribution in [0.1, 0.15) is 44.5 Å². The monoisotopic (exact) mass is 311 g/mol. The SMILES string of the molecule is CC(=O)NC1CCCN(C(=O)Nc2nnc(C(C)C)s2)C1.